The van der Waals surface area contributed by atoms with Crippen LogP contribution in [0.2, 0.25) is 0 Å². The van der Waals surface area contributed by atoms with Crippen LogP contribution in [0.15, 0.2) is 24.3 Å². The van der Waals surface area contributed by atoms with Crippen molar-refractivity contribution in [2.45, 2.75) is 137 Å². The number of benzene rings is 2. The quantitative estimate of drug-likeness (QED) is 0.270. The molecule has 47 heavy (non-hydrogen) atoms. The van der Waals surface area contributed by atoms with Crippen LogP contribution in [0.3, 0.4) is 0 Å². The van der Waals surface area contributed by atoms with E-state index in [0.29, 0.717) is 0 Å². The number of rotatable bonds is 8. The molecule has 0 radical (unpaired) electrons. The van der Waals surface area contributed by atoms with E-state index in [1.165, 1.54) is 0 Å². The number of aliphatic carboxylic acids is 1. The van der Waals surface area contributed by atoms with Crippen LogP contribution in [0.1, 0.15) is 126 Å². The largest absolute Gasteiger partial charge is 0.496 e. The van der Waals surface area contributed by atoms with Crippen LogP contribution in [0.4, 0.5) is 4.79 Å². The third-order valence-corrected chi connectivity index (χ3v) is 12.8. The van der Waals surface area contributed by atoms with Crippen molar-refractivity contribution in [3.8, 4) is 11.5 Å². The van der Waals surface area contributed by atoms with E-state index < -0.39 is 29.7 Å². The van der Waals surface area contributed by atoms with Crippen LogP contribution in [0.25, 0.3) is 0 Å². The van der Waals surface area contributed by atoms with Gasteiger partial charge in [-0.1, -0.05) is 94.9 Å². The van der Waals surface area contributed by atoms with E-state index in [4.69, 9.17) is 26.0 Å². The number of carbonyl (C=O) groups excluding carboxylic acids is 1. The minimum atomic E-state index is -3.02. The lowest BCUT2D eigenvalue weighted by molar-refractivity contribution is -0.138. The molecule has 0 saturated carbocycles. The Bertz CT molecular complexity index is 1370. The second kappa shape index (κ2) is 13.7. The number of hydrogen-bond acceptors (Lipinski definition) is 6. The number of ether oxygens (including phenoxy) is 3. The zero-order valence-electron chi connectivity index (χ0n) is 31.9. The molecule has 7 nitrogen and oxygen atoms in total. The van der Waals surface area contributed by atoms with E-state index in [1.54, 1.807) is 35.0 Å². The van der Waals surface area contributed by atoms with Crippen LogP contribution in [0.5, 0.6) is 11.5 Å². The molecule has 0 unspecified atom stereocenters. The summed E-state index contributed by atoms with van der Waals surface area (Å²) in [5, 5.41) is 14.9. The number of carbonyl (C=O) groups is 2. The normalized spacial score (nSPS) is 14.0. The molecule has 2 aromatic rings. The zero-order valence-corrected chi connectivity index (χ0v) is 33.6. The van der Waals surface area contributed by atoms with Gasteiger partial charge in [0.2, 0.25) is 0 Å². The molecule has 2 N–H and O–H groups in total. The molecule has 9 heteroatoms. The summed E-state index contributed by atoms with van der Waals surface area (Å²) in [5.74, 6) is 0.432. The smallest absolute Gasteiger partial charge is 0.408 e. The molecule has 0 aromatic heterocycles. The third kappa shape index (κ3) is 9.75. The lowest BCUT2D eigenvalue weighted by Gasteiger charge is -2.36. The van der Waals surface area contributed by atoms with E-state index in [1.807, 2.05) is 0 Å². The maximum atomic E-state index is 13.0. The molecule has 1 atom stereocenters. The van der Waals surface area contributed by atoms with Crippen LogP contribution < -0.4 is 25.4 Å². The van der Waals surface area contributed by atoms with E-state index >= 15 is 0 Å². The third-order valence-electron chi connectivity index (χ3n) is 8.05. The first-order chi connectivity index (χ1) is 21.0. The Morgan fingerprint density at radius 1 is 0.681 bits per heavy atom. The molecule has 1 amide bonds. The fourth-order valence-corrected chi connectivity index (χ4v) is 9.48. The summed E-state index contributed by atoms with van der Waals surface area (Å²) < 4.78 is 17.6. The maximum absolute atomic E-state index is 13.0. The van der Waals surface area contributed by atoms with Crippen LogP contribution >= 0.6 is 6.04 Å². The molecular formula is C38H60NO6PS. The highest BCUT2D eigenvalue weighted by molar-refractivity contribution is 8.22. The lowest BCUT2D eigenvalue weighted by atomic mass is 9.79. The minimum absolute atomic E-state index is 0.00407. The van der Waals surface area contributed by atoms with Crippen molar-refractivity contribution in [2.75, 3.05) is 20.4 Å². The Morgan fingerprint density at radius 3 is 1.19 bits per heavy atom. The topological polar surface area (TPSA) is 94.1 Å². The number of amides is 1. The second-order valence-corrected chi connectivity index (χ2v) is 22.4. The van der Waals surface area contributed by atoms with E-state index in [9.17, 15) is 14.7 Å². The highest BCUT2D eigenvalue weighted by Gasteiger charge is 2.38. The summed E-state index contributed by atoms with van der Waals surface area (Å²) in [4.78, 5) is 25.9. The van der Waals surface area contributed by atoms with Crippen molar-refractivity contribution in [2.24, 2.45) is 0 Å². The second-order valence-electron chi connectivity index (χ2n) is 17.6. The Hall–Kier alpha value is -2.57. The van der Waals surface area contributed by atoms with E-state index in [-0.39, 0.29) is 27.8 Å². The Labute approximate surface area is 289 Å². The predicted molar refractivity (Wildman–Crippen MR) is 200 cm³/mol. The molecule has 2 aromatic carbocycles. The molecule has 0 bridgehead atoms. The first kappa shape index (κ1) is 40.6. The SMILES string of the molecule is COc1c(C(C)(C)C)cc(P(=S)(C[C@H](NC(=O)OC(C)(C)C)C(=O)O)c2cc(C(C)(C)C)c(OC)c(C(C)(C)C)c2)cc1C(C)(C)C. The van der Waals surface area contributed by atoms with Crippen LogP contribution in [-0.4, -0.2) is 49.2 Å². The first-order valence-corrected chi connectivity index (χ1v) is 19.2. The number of carboxylic acid groups (broad SMARTS) is 1. The molecular weight excluding hydrogens is 629 g/mol. The van der Waals surface area contributed by atoms with Crippen LogP contribution in [-0.2, 0) is 43.0 Å². The van der Waals surface area contributed by atoms with Crippen molar-refractivity contribution in [1.29, 1.82) is 0 Å². The molecule has 0 saturated heterocycles. The number of methoxy groups -OCH3 is 2. The van der Waals surface area contributed by atoms with Crippen molar-refractivity contribution in [3.05, 3.63) is 46.5 Å². The summed E-state index contributed by atoms with van der Waals surface area (Å²) in [6.45, 7) is 30.9. The number of carboxylic acids is 1. The van der Waals surface area contributed by atoms with Gasteiger partial charge in [0.05, 0.1) is 14.2 Å². The first-order valence-electron chi connectivity index (χ1n) is 16.3. The van der Waals surface area contributed by atoms with E-state index in [2.05, 4.69) is 113 Å². The Balaban J connectivity index is 3.21. The van der Waals surface area contributed by atoms with Crippen molar-refractivity contribution in [1.82, 2.24) is 5.32 Å². The van der Waals surface area contributed by atoms with Gasteiger partial charge in [-0.15, -0.1) is 0 Å². The van der Waals surface area contributed by atoms with Gasteiger partial charge in [0, 0.05) is 34.5 Å². The Kier molecular flexibility index (Phi) is 11.9. The molecule has 0 heterocycles. The van der Waals surface area contributed by atoms with Crippen LogP contribution in [0, 0.1) is 0 Å². The van der Waals surface area contributed by atoms with Gasteiger partial charge in [-0.3, -0.25) is 0 Å². The standard InChI is InChI=1S/C38H60NO6PS/c1-34(2,3)25-18-23(19-26(30(25)43-16)35(4,5)6)46(47,22-29(32(40)41)39-33(42)45-38(13,14)15)24-20-27(36(7,8)9)31(44-17)28(21-24)37(10,11)12/h18-21,29H,22H2,1-17H3,(H,39,42)(H,40,41)/t29-/m0/s1. The fourth-order valence-electron chi connectivity index (χ4n) is 5.56. The average molecular weight is 690 g/mol. The molecule has 0 fully saturated rings. The van der Waals surface area contributed by atoms with Gasteiger partial charge >= 0.3 is 12.1 Å². The maximum Gasteiger partial charge on any atom is 0.408 e. The minimum Gasteiger partial charge on any atom is -0.496 e. The van der Waals surface area contributed by atoms with Crippen molar-refractivity contribution in [3.63, 3.8) is 0 Å². The number of nitrogens with one attached hydrogen (secondary N) is 1. The fraction of sp³-hybridized carbons (Fsp3) is 0.632. The molecule has 264 valence electrons. The van der Waals surface area contributed by atoms with Gasteiger partial charge in [-0.05, 0) is 77.3 Å². The van der Waals surface area contributed by atoms with Gasteiger partial charge in [0.25, 0.3) is 0 Å². The summed E-state index contributed by atoms with van der Waals surface area (Å²) in [7, 11) is 3.38. The summed E-state index contributed by atoms with van der Waals surface area (Å²) in [6, 6.07) is 4.12. The average Bonchev–Trinajstić information content (AvgIpc) is 2.87. The van der Waals surface area contributed by atoms with Gasteiger partial charge in [-0.2, -0.15) is 0 Å². The highest BCUT2D eigenvalue weighted by Crippen LogP contribution is 2.51. The number of hydrogen-bond donors (Lipinski definition) is 2. The zero-order chi connectivity index (χ0) is 36.7. The summed E-state index contributed by atoms with van der Waals surface area (Å²) in [5.41, 5.74) is 1.92. The van der Waals surface area contributed by atoms with Crippen molar-refractivity contribution >= 4 is 40.5 Å². The monoisotopic (exact) mass is 689 g/mol. The van der Waals surface area contributed by atoms with Crippen molar-refractivity contribution < 1.29 is 28.9 Å². The summed E-state index contributed by atoms with van der Waals surface area (Å²) >= 11 is 6.86. The lowest BCUT2D eigenvalue weighted by Crippen LogP contribution is -2.46. The summed E-state index contributed by atoms with van der Waals surface area (Å²) in [6.07, 6.45) is -0.803. The molecule has 2 rings (SSSR count). The molecule has 0 spiro atoms. The van der Waals surface area contributed by atoms with E-state index in [0.717, 1.165) is 44.4 Å². The predicted octanol–water partition coefficient (Wildman–Crippen LogP) is 8.30. The number of alkyl carbamates (subject to hydrolysis) is 1. The molecule has 0 aliphatic rings. The van der Waals surface area contributed by atoms with Gasteiger partial charge in [0.15, 0.2) is 0 Å². The van der Waals surface area contributed by atoms with Gasteiger partial charge in [0.1, 0.15) is 23.1 Å². The highest BCUT2D eigenvalue weighted by atomic mass is 32.4. The van der Waals surface area contributed by atoms with Gasteiger partial charge in [-0.25, -0.2) is 9.59 Å². The van der Waals surface area contributed by atoms with Gasteiger partial charge < -0.3 is 24.6 Å². The molecule has 0 aliphatic carbocycles. The Morgan fingerprint density at radius 2 is 0.979 bits per heavy atom. The molecule has 0 aliphatic heterocycles.